The Morgan fingerprint density at radius 2 is 2.12 bits per heavy atom. The van der Waals surface area contributed by atoms with Gasteiger partial charge in [-0.25, -0.2) is 4.39 Å². The van der Waals surface area contributed by atoms with Gasteiger partial charge >= 0.3 is 0 Å². The van der Waals surface area contributed by atoms with Gasteiger partial charge < -0.3 is 10.2 Å². The number of hydrogen-bond donors (Lipinski definition) is 2. The quantitative estimate of drug-likeness (QED) is 0.624. The maximum atomic E-state index is 13.4. The molecule has 90 valence electrons. The monoisotopic (exact) mass is 234 g/mol. The molecule has 0 bridgehead atoms. The lowest BCUT2D eigenvalue weighted by Gasteiger charge is -2.21. The van der Waals surface area contributed by atoms with Crippen LogP contribution in [0, 0.1) is 11.7 Å². The lowest BCUT2D eigenvalue weighted by molar-refractivity contribution is 0.357. The van der Waals surface area contributed by atoms with Crippen molar-refractivity contribution in [2.45, 2.75) is 13.3 Å². The average molecular weight is 234 g/mol. The molecule has 2 rings (SSSR count). The highest BCUT2D eigenvalue weighted by molar-refractivity contribution is 5.29. The lowest BCUT2D eigenvalue weighted by atomic mass is 9.98. The Bertz CT molecular complexity index is 468. The number of allylic oxidation sites excluding steroid dienone is 4. The molecule has 0 amide bonds. The Morgan fingerprint density at radius 1 is 1.35 bits per heavy atom. The summed E-state index contributed by atoms with van der Waals surface area (Å²) < 4.78 is 18.9. The van der Waals surface area contributed by atoms with E-state index in [9.17, 15) is 4.39 Å². The van der Waals surface area contributed by atoms with E-state index in [-0.39, 0.29) is 17.5 Å². The van der Waals surface area contributed by atoms with Crippen LogP contribution < -0.4 is 16.0 Å². The Morgan fingerprint density at radius 3 is 2.76 bits per heavy atom. The fraction of sp³-hybridized carbons (Fsp3) is 0.231. The van der Waals surface area contributed by atoms with Crippen molar-refractivity contribution < 1.29 is 9.13 Å². The zero-order valence-electron chi connectivity index (χ0n) is 9.61. The second-order valence-electron chi connectivity index (χ2n) is 4.04. The first-order valence-corrected chi connectivity index (χ1v) is 5.50. The number of halogens is 1. The lowest BCUT2D eigenvalue weighted by Crippen LogP contribution is -2.27. The van der Waals surface area contributed by atoms with Gasteiger partial charge in [0.1, 0.15) is 5.76 Å². The molecule has 1 atom stereocenters. The highest BCUT2D eigenvalue weighted by Gasteiger charge is 2.16. The van der Waals surface area contributed by atoms with E-state index in [1.54, 1.807) is 18.2 Å². The van der Waals surface area contributed by atoms with Gasteiger partial charge in [-0.05, 0) is 24.3 Å². The smallest absolute Gasteiger partial charge is 0.165 e. The van der Waals surface area contributed by atoms with Crippen molar-refractivity contribution >= 4 is 0 Å². The molecule has 3 nitrogen and oxygen atoms in total. The van der Waals surface area contributed by atoms with Crippen molar-refractivity contribution in [2.75, 3.05) is 0 Å². The van der Waals surface area contributed by atoms with Crippen molar-refractivity contribution in [3.8, 4) is 5.75 Å². The molecule has 4 heteroatoms. The maximum Gasteiger partial charge on any atom is 0.165 e. The van der Waals surface area contributed by atoms with Crippen LogP contribution in [0.1, 0.15) is 13.3 Å². The minimum Gasteiger partial charge on any atom is -0.459 e. The van der Waals surface area contributed by atoms with Gasteiger partial charge in [0.25, 0.3) is 0 Å². The van der Waals surface area contributed by atoms with E-state index < -0.39 is 0 Å². The van der Waals surface area contributed by atoms with Gasteiger partial charge in [0.05, 0.1) is 0 Å². The minimum absolute atomic E-state index is 0.242. The first kappa shape index (κ1) is 11.7. The molecule has 0 radical (unpaired) electrons. The first-order chi connectivity index (χ1) is 8.20. The summed E-state index contributed by atoms with van der Waals surface area (Å²) in [6.07, 6.45) is 4.36. The number of hydrogen-bond acceptors (Lipinski definition) is 3. The van der Waals surface area contributed by atoms with Crippen LogP contribution in [-0.2, 0) is 0 Å². The number of nitrogens with two attached hydrogens (primary N) is 1. The van der Waals surface area contributed by atoms with Crippen LogP contribution in [0.15, 0.2) is 47.9 Å². The standard InChI is InChI=1S/C13H15FN2O/c1-9-8-10(6-7-12(9)16-15)17-13-5-3-2-4-11(13)14/h2-7,9,16H,8,15H2,1H3. The third kappa shape index (κ3) is 2.65. The second-order valence-corrected chi connectivity index (χ2v) is 4.04. The van der Waals surface area contributed by atoms with E-state index in [1.807, 2.05) is 19.1 Å². The first-order valence-electron chi connectivity index (χ1n) is 5.50. The number of ether oxygens (including phenoxy) is 1. The van der Waals surface area contributed by atoms with Crippen LogP contribution in [0.5, 0.6) is 5.75 Å². The zero-order valence-corrected chi connectivity index (χ0v) is 9.61. The number of hydrazine groups is 1. The molecule has 0 heterocycles. The van der Waals surface area contributed by atoms with Crippen molar-refractivity contribution in [2.24, 2.45) is 11.8 Å². The molecule has 3 N–H and O–H groups in total. The van der Waals surface area contributed by atoms with Gasteiger partial charge in [-0.3, -0.25) is 5.84 Å². The summed E-state index contributed by atoms with van der Waals surface area (Å²) in [7, 11) is 0. The van der Waals surface area contributed by atoms with Crippen molar-refractivity contribution in [3.63, 3.8) is 0 Å². The van der Waals surface area contributed by atoms with Crippen LogP contribution in [0.25, 0.3) is 0 Å². The summed E-state index contributed by atoms with van der Waals surface area (Å²) in [5.41, 5.74) is 3.59. The van der Waals surface area contributed by atoms with Crippen LogP contribution in [0.4, 0.5) is 4.39 Å². The summed E-state index contributed by atoms with van der Waals surface area (Å²) in [6, 6.07) is 6.37. The van der Waals surface area contributed by atoms with Crippen LogP contribution in [0.3, 0.4) is 0 Å². The predicted molar refractivity (Wildman–Crippen MR) is 64.3 cm³/mol. The zero-order chi connectivity index (χ0) is 12.3. The van der Waals surface area contributed by atoms with Gasteiger partial charge in [-0.1, -0.05) is 19.1 Å². The van der Waals surface area contributed by atoms with Gasteiger partial charge in [-0.2, -0.15) is 0 Å². The Kier molecular flexibility index (Phi) is 3.44. The Balaban J connectivity index is 2.14. The van der Waals surface area contributed by atoms with Crippen LogP contribution in [0.2, 0.25) is 0 Å². The molecule has 0 spiro atoms. The number of para-hydroxylation sites is 1. The van der Waals surface area contributed by atoms with Crippen molar-refractivity contribution in [1.29, 1.82) is 0 Å². The Labute approximate surface area is 99.7 Å². The summed E-state index contributed by atoms with van der Waals surface area (Å²) in [6.45, 7) is 2.03. The molecule has 1 aromatic rings. The molecule has 0 saturated carbocycles. The fourth-order valence-electron chi connectivity index (χ4n) is 1.76. The maximum absolute atomic E-state index is 13.4. The number of benzene rings is 1. The minimum atomic E-state index is -0.354. The van der Waals surface area contributed by atoms with E-state index in [0.29, 0.717) is 6.42 Å². The molecular weight excluding hydrogens is 219 g/mol. The summed E-state index contributed by atoms with van der Waals surface area (Å²) >= 11 is 0. The molecule has 1 aliphatic rings. The van der Waals surface area contributed by atoms with Gasteiger partial charge in [0, 0.05) is 18.0 Å². The van der Waals surface area contributed by atoms with Gasteiger partial charge in [-0.15, -0.1) is 0 Å². The van der Waals surface area contributed by atoms with Gasteiger partial charge in [0.15, 0.2) is 11.6 Å². The summed E-state index contributed by atoms with van der Waals surface area (Å²) in [5.74, 6) is 6.25. The number of rotatable bonds is 3. The largest absolute Gasteiger partial charge is 0.459 e. The van der Waals surface area contributed by atoms with E-state index in [4.69, 9.17) is 10.6 Å². The number of nitrogens with one attached hydrogen (secondary N) is 1. The summed E-state index contributed by atoms with van der Waals surface area (Å²) in [4.78, 5) is 0. The third-order valence-corrected chi connectivity index (χ3v) is 2.73. The Hall–Kier alpha value is -1.81. The van der Waals surface area contributed by atoms with E-state index in [2.05, 4.69) is 5.43 Å². The molecule has 0 aromatic heterocycles. The third-order valence-electron chi connectivity index (χ3n) is 2.73. The molecule has 0 saturated heterocycles. The second kappa shape index (κ2) is 5.01. The fourth-order valence-corrected chi connectivity index (χ4v) is 1.76. The highest BCUT2D eigenvalue weighted by atomic mass is 19.1. The molecule has 1 aliphatic carbocycles. The summed E-state index contributed by atoms with van der Waals surface area (Å²) in [5, 5.41) is 0. The van der Waals surface area contributed by atoms with Crippen LogP contribution in [-0.4, -0.2) is 0 Å². The average Bonchev–Trinajstić information content (AvgIpc) is 2.32. The molecule has 0 fully saturated rings. The molecular formula is C13H15FN2O. The predicted octanol–water partition coefficient (Wildman–Crippen LogP) is 2.48. The molecule has 0 aliphatic heterocycles. The van der Waals surface area contributed by atoms with Gasteiger partial charge in [0.2, 0.25) is 0 Å². The normalized spacial score (nSPS) is 19.4. The molecule has 17 heavy (non-hydrogen) atoms. The molecule has 1 aromatic carbocycles. The SMILES string of the molecule is CC1CC(Oc2ccccc2F)=CC=C1NN. The molecule has 1 unspecified atom stereocenters. The topological polar surface area (TPSA) is 47.3 Å². The van der Waals surface area contributed by atoms with E-state index in [1.165, 1.54) is 6.07 Å². The van der Waals surface area contributed by atoms with E-state index in [0.717, 1.165) is 11.5 Å². The van der Waals surface area contributed by atoms with Crippen LogP contribution >= 0.6 is 0 Å². The van der Waals surface area contributed by atoms with Crippen molar-refractivity contribution in [1.82, 2.24) is 5.43 Å². The highest BCUT2D eigenvalue weighted by Crippen LogP contribution is 2.26. The van der Waals surface area contributed by atoms with E-state index >= 15 is 0 Å². The van der Waals surface area contributed by atoms with Crippen molar-refractivity contribution in [3.05, 3.63) is 53.7 Å².